The van der Waals surface area contributed by atoms with Gasteiger partial charge in [0.15, 0.2) is 0 Å². The molecule has 2 atom stereocenters. The molecule has 40 heavy (non-hydrogen) atoms. The number of methoxy groups -OCH3 is 1. The fourth-order valence-electron chi connectivity index (χ4n) is 5.64. The van der Waals surface area contributed by atoms with Crippen LogP contribution in [0.3, 0.4) is 0 Å². The number of allylic oxidation sites excluding steroid dienone is 1. The molecule has 0 unspecified atom stereocenters. The molecule has 2 aromatic rings. The molecule has 0 spiro atoms. The predicted octanol–water partition coefficient (Wildman–Crippen LogP) is 8.17. The summed E-state index contributed by atoms with van der Waals surface area (Å²) in [5.74, 6) is 0.0168. The zero-order valence-electron chi connectivity index (χ0n) is 22.9. The third kappa shape index (κ3) is 5.88. The lowest BCUT2D eigenvalue weighted by Gasteiger charge is -2.36. The number of halogens is 6. The van der Waals surface area contributed by atoms with E-state index in [1.54, 1.807) is 19.9 Å². The lowest BCUT2D eigenvalue weighted by Crippen LogP contribution is -2.35. The van der Waals surface area contributed by atoms with E-state index in [-0.39, 0.29) is 23.3 Å². The molecule has 2 aromatic carbocycles. The summed E-state index contributed by atoms with van der Waals surface area (Å²) in [6.45, 7) is 7.46. The molecule has 1 amide bonds. The lowest BCUT2D eigenvalue weighted by atomic mass is 9.72. The van der Waals surface area contributed by atoms with Gasteiger partial charge in [-0.3, -0.25) is 4.90 Å². The van der Waals surface area contributed by atoms with E-state index in [2.05, 4.69) is 13.8 Å². The summed E-state index contributed by atoms with van der Waals surface area (Å²) in [7, 11) is 1.28. The summed E-state index contributed by atoms with van der Waals surface area (Å²) in [6, 6.07) is 5.14. The number of carbonyl (C=O) groups excluding carboxylic acids is 1. The maximum absolute atomic E-state index is 13.5. The molecule has 218 valence electrons. The predicted molar refractivity (Wildman–Crippen MR) is 139 cm³/mol. The number of benzene rings is 2. The van der Waals surface area contributed by atoms with Gasteiger partial charge in [-0.1, -0.05) is 25.5 Å². The molecule has 1 aliphatic carbocycles. The minimum absolute atomic E-state index is 0.0168. The molecule has 0 aromatic heterocycles. The van der Waals surface area contributed by atoms with Crippen LogP contribution in [0, 0.1) is 12.3 Å². The van der Waals surface area contributed by atoms with E-state index in [1.165, 1.54) is 18.1 Å². The maximum Gasteiger partial charge on any atom is 0.418 e. The first kappa shape index (κ1) is 29.6. The van der Waals surface area contributed by atoms with Gasteiger partial charge in [0.2, 0.25) is 0 Å². The van der Waals surface area contributed by atoms with Gasteiger partial charge in [0, 0.05) is 17.8 Å². The van der Waals surface area contributed by atoms with Gasteiger partial charge in [0.1, 0.15) is 11.9 Å². The third-order valence-corrected chi connectivity index (χ3v) is 7.68. The van der Waals surface area contributed by atoms with Gasteiger partial charge >= 0.3 is 18.4 Å². The number of nitrogen functional groups attached to an aromatic ring is 1. The molecule has 1 saturated heterocycles. The van der Waals surface area contributed by atoms with Gasteiger partial charge in [0.05, 0.1) is 24.3 Å². The molecule has 2 N–H and O–H groups in total. The van der Waals surface area contributed by atoms with Gasteiger partial charge in [-0.15, -0.1) is 0 Å². The Morgan fingerprint density at radius 1 is 1.07 bits per heavy atom. The SMILES string of the molecule is COc1cc(C(F)(F)F)c(N)cc1C1=C(CN2C(=O)O[C@H](c3cc(C)cc(C(F)(F)F)c3)[C@@H]2C)CC(C)(C)CC1. The van der Waals surface area contributed by atoms with Crippen molar-refractivity contribution < 1.29 is 40.6 Å². The molecule has 5 nitrogen and oxygen atoms in total. The number of rotatable bonds is 5. The van der Waals surface area contributed by atoms with Crippen LogP contribution in [0.15, 0.2) is 35.9 Å². The molecule has 1 heterocycles. The fourth-order valence-corrected chi connectivity index (χ4v) is 5.64. The van der Waals surface area contributed by atoms with Crippen LogP contribution in [-0.2, 0) is 17.1 Å². The maximum atomic E-state index is 13.5. The number of anilines is 1. The normalized spacial score (nSPS) is 21.6. The van der Waals surface area contributed by atoms with Crippen LogP contribution in [-0.4, -0.2) is 30.7 Å². The number of alkyl halides is 6. The Morgan fingerprint density at radius 2 is 1.75 bits per heavy atom. The molecular weight excluding hydrogens is 538 g/mol. The van der Waals surface area contributed by atoms with Crippen LogP contribution in [0.25, 0.3) is 5.57 Å². The third-order valence-electron chi connectivity index (χ3n) is 7.68. The zero-order chi connectivity index (χ0) is 29.8. The van der Waals surface area contributed by atoms with E-state index >= 15 is 0 Å². The first-order valence-electron chi connectivity index (χ1n) is 12.8. The molecule has 0 bridgehead atoms. The Morgan fingerprint density at radius 3 is 2.35 bits per heavy atom. The summed E-state index contributed by atoms with van der Waals surface area (Å²) in [4.78, 5) is 14.5. The smallest absolute Gasteiger partial charge is 0.418 e. The largest absolute Gasteiger partial charge is 0.496 e. The van der Waals surface area contributed by atoms with Crippen molar-refractivity contribution in [3.63, 3.8) is 0 Å². The number of nitrogens with zero attached hydrogens (tertiary/aromatic N) is 1. The van der Waals surface area contributed by atoms with Crippen molar-refractivity contribution in [3.8, 4) is 5.75 Å². The van der Waals surface area contributed by atoms with Crippen LogP contribution in [0.4, 0.5) is 36.8 Å². The monoisotopic (exact) mass is 570 g/mol. The number of hydrogen-bond acceptors (Lipinski definition) is 4. The summed E-state index contributed by atoms with van der Waals surface area (Å²) in [6.07, 6.45) is -9.03. The molecule has 1 aliphatic heterocycles. The number of amides is 1. The second-order valence-corrected chi connectivity index (χ2v) is 11.4. The topological polar surface area (TPSA) is 64.8 Å². The first-order valence-corrected chi connectivity index (χ1v) is 12.8. The number of hydrogen-bond donors (Lipinski definition) is 1. The van der Waals surface area contributed by atoms with E-state index in [9.17, 15) is 31.1 Å². The minimum Gasteiger partial charge on any atom is -0.496 e. The Hall–Kier alpha value is -3.37. The molecule has 0 radical (unpaired) electrons. The second-order valence-electron chi connectivity index (χ2n) is 11.4. The number of aryl methyl sites for hydroxylation is 1. The average Bonchev–Trinajstić information content (AvgIpc) is 3.10. The van der Waals surface area contributed by atoms with Gasteiger partial charge < -0.3 is 15.2 Å². The van der Waals surface area contributed by atoms with Crippen molar-refractivity contribution in [1.29, 1.82) is 0 Å². The second kappa shape index (κ2) is 10.2. The van der Waals surface area contributed by atoms with Crippen LogP contribution >= 0.6 is 0 Å². The summed E-state index contributed by atoms with van der Waals surface area (Å²) < 4.78 is 91.7. The zero-order valence-corrected chi connectivity index (χ0v) is 22.9. The molecular formula is C29H32F6N2O3. The van der Waals surface area contributed by atoms with Crippen molar-refractivity contribution >= 4 is 17.4 Å². The Bertz CT molecular complexity index is 1350. The molecule has 0 saturated carbocycles. The van der Waals surface area contributed by atoms with E-state index in [0.717, 1.165) is 35.8 Å². The first-order chi connectivity index (χ1) is 18.4. The lowest BCUT2D eigenvalue weighted by molar-refractivity contribution is -0.138. The highest BCUT2D eigenvalue weighted by atomic mass is 19.4. The van der Waals surface area contributed by atoms with Gasteiger partial charge in [-0.25, -0.2) is 4.79 Å². The van der Waals surface area contributed by atoms with E-state index in [0.29, 0.717) is 24.0 Å². The number of ether oxygens (including phenoxy) is 2. The van der Waals surface area contributed by atoms with Gasteiger partial charge in [-0.05, 0) is 79.5 Å². The Balaban J connectivity index is 1.74. The number of carbonyl (C=O) groups is 1. The van der Waals surface area contributed by atoms with Crippen molar-refractivity contribution in [3.05, 3.63) is 63.7 Å². The summed E-state index contributed by atoms with van der Waals surface area (Å²) in [5, 5.41) is 0. The highest BCUT2D eigenvalue weighted by molar-refractivity contribution is 5.79. The van der Waals surface area contributed by atoms with Crippen LogP contribution in [0.2, 0.25) is 0 Å². The molecule has 2 aliphatic rings. The van der Waals surface area contributed by atoms with Gasteiger partial charge in [-0.2, -0.15) is 26.3 Å². The van der Waals surface area contributed by atoms with Crippen molar-refractivity contribution in [2.75, 3.05) is 19.4 Å². The van der Waals surface area contributed by atoms with E-state index in [4.69, 9.17) is 15.2 Å². The average molecular weight is 571 g/mol. The standard InChI is InChI=1S/C29H32F6N2O3/c1-15-8-17(10-19(9-15)28(30,31)32)25-16(2)37(26(38)40-25)14-18-13-27(3,4)7-6-20(18)21-11-23(36)22(29(33,34)35)12-24(21)39-5/h8-12,16,25H,6-7,13-14,36H2,1-5H3/t16-,25-/m0/s1. The van der Waals surface area contributed by atoms with Crippen molar-refractivity contribution in [1.82, 2.24) is 4.90 Å². The molecule has 1 fully saturated rings. The quantitative estimate of drug-likeness (QED) is 0.291. The number of nitrogens with two attached hydrogens (primary N) is 1. The van der Waals surface area contributed by atoms with Crippen molar-refractivity contribution in [2.45, 2.75) is 71.5 Å². The highest BCUT2D eigenvalue weighted by Gasteiger charge is 2.43. The van der Waals surface area contributed by atoms with Crippen molar-refractivity contribution in [2.24, 2.45) is 5.41 Å². The summed E-state index contributed by atoms with van der Waals surface area (Å²) >= 11 is 0. The highest BCUT2D eigenvalue weighted by Crippen LogP contribution is 2.48. The molecule has 4 rings (SSSR count). The Labute approximate surface area is 228 Å². The van der Waals surface area contributed by atoms with E-state index < -0.39 is 47.4 Å². The molecule has 11 heteroatoms. The van der Waals surface area contributed by atoms with Crippen LogP contribution in [0.1, 0.15) is 74.0 Å². The fraction of sp³-hybridized carbons (Fsp3) is 0.483. The van der Waals surface area contributed by atoms with Gasteiger partial charge in [0.25, 0.3) is 0 Å². The summed E-state index contributed by atoms with van der Waals surface area (Å²) in [5.41, 5.74) is 5.99. The van der Waals surface area contributed by atoms with E-state index in [1.807, 2.05) is 0 Å². The van der Waals surface area contributed by atoms with Crippen LogP contribution in [0.5, 0.6) is 5.75 Å². The Kier molecular flexibility index (Phi) is 7.57. The number of cyclic esters (lactones) is 1. The van der Waals surface area contributed by atoms with Crippen LogP contribution < -0.4 is 10.5 Å². The minimum atomic E-state index is -4.66.